The van der Waals surface area contributed by atoms with Crippen molar-refractivity contribution < 1.29 is 19.2 Å². The molecule has 0 radical (unpaired) electrons. The van der Waals surface area contributed by atoms with Crippen LogP contribution in [-0.4, -0.2) is 10.0 Å². The Hall–Kier alpha value is -2.47. The van der Waals surface area contributed by atoms with Gasteiger partial charge in [0, 0.05) is 12.1 Å². The van der Waals surface area contributed by atoms with Crippen LogP contribution in [0.2, 0.25) is 0 Å². The minimum atomic E-state index is -0.586. The molecule has 0 bridgehead atoms. The lowest BCUT2D eigenvalue weighted by Crippen LogP contribution is -1.96. The minimum absolute atomic E-state index is 0.138. The number of benzene rings is 2. The smallest absolute Gasteiger partial charge is 0.275 e. The minimum Gasteiger partial charge on any atom is -0.457 e. The van der Waals surface area contributed by atoms with E-state index >= 15 is 0 Å². The third kappa shape index (κ3) is 3.05. The van der Waals surface area contributed by atoms with Crippen molar-refractivity contribution >= 4 is 5.69 Å². The van der Waals surface area contributed by atoms with Gasteiger partial charge >= 0.3 is 0 Å². The third-order valence-electron chi connectivity index (χ3n) is 2.45. The summed E-state index contributed by atoms with van der Waals surface area (Å²) >= 11 is 0. The highest BCUT2D eigenvalue weighted by Crippen LogP contribution is 2.27. The van der Waals surface area contributed by atoms with E-state index in [0.717, 1.165) is 0 Å². The largest absolute Gasteiger partial charge is 0.457 e. The van der Waals surface area contributed by atoms with Gasteiger partial charge in [0.1, 0.15) is 17.3 Å². The van der Waals surface area contributed by atoms with E-state index in [2.05, 4.69) is 0 Å². The summed E-state index contributed by atoms with van der Waals surface area (Å²) in [7, 11) is 0. The molecule has 0 unspecified atom stereocenters. The molecule has 0 aliphatic rings. The number of nitro benzene ring substituents is 1. The maximum atomic E-state index is 13.0. The van der Waals surface area contributed by atoms with Gasteiger partial charge in [-0.2, -0.15) is 0 Å². The highest BCUT2D eigenvalue weighted by atomic mass is 19.1. The molecule has 0 heterocycles. The fourth-order valence-corrected chi connectivity index (χ4v) is 1.60. The van der Waals surface area contributed by atoms with Gasteiger partial charge in [0.25, 0.3) is 5.69 Å². The summed E-state index contributed by atoms with van der Waals surface area (Å²) in [6.07, 6.45) is 0. The molecule has 0 atom stereocenters. The van der Waals surface area contributed by atoms with Crippen molar-refractivity contribution in [1.82, 2.24) is 0 Å². The molecule has 0 fully saturated rings. The van der Waals surface area contributed by atoms with Gasteiger partial charge in [-0.15, -0.1) is 0 Å². The first-order valence-electron chi connectivity index (χ1n) is 5.42. The van der Waals surface area contributed by atoms with Crippen molar-refractivity contribution in [2.75, 3.05) is 0 Å². The summed E-state index contributed by atoms with van der Waals surface area (Å²) in [6, 6.07) is 9.50. The van der Waals surface area contributed by atoms with E-state index in [9.17, 15) is 14.5 Å². The zero-order valence-corrected chi connectivity index (χ0v) is 9.75. The predicted octanol–water partition coefficient (Wildman–Crippen LogP) is 3.02. The van der Waals surface area contributed by atoms with Gasteiger partial charge in [-0.25, -0.2) is 4.39 Å². The van der Waals surface area contributed by atoms with E-state index < -0.39 is 17.3 Å². The van der Waals surface area contributed by atoms with Gasteiger partial charge in [0.15, 0.2) is 0 Å². The van der Waals surface area contributed by atoms with Crippen LogP contribution >= 0.6 is 0 Å². The molecule has 5 nitrogen and oxygen atoms in total. The molecule has 0 saturated heterocycles. The van der Waals surface area contributed by atoms with E-state index in [1.54, 1.807) is 6.07 Å². The Morgan fingerprint density at radius 3 is 2.58 bits per heavy atom. The number of nitro groups is 1. The molecule has 0 saturated carbocycles. The maximum Gasteiger partial charge on any atom is 0.275 e. The molecule has 0 aliphatic heterocycles. The summed E-state index contributed by atoms with van der Waals surface area (Å²) in [4.78, 5) is 10.1. The Morgan fingerprint density at radius 1 is 1.21 bits per heavy atom. The van der Waals surface area contributed by atoms with Crippen LogP contribution < -0.4 is 4.74 Å². The van der Waals surface area contributed by atoms with E-state index in [4.69, 9.17) is 9.84 Å². The first-order valence-corrected chi connectivity index (χ1v) is 5.42. The van der Waals surface area contributed by atoms with Crippen LogP contribution in [0.5, 0.6) is 11.5 Å². The second kappa shape index (κ2) is 5.45. The Balaban J connectivity index is 2.29. The quantitative estimate of drug-likeness (QED) is 0.679. The summed E-state index contributed by atoms with van der Waals surface area (Å²) in [6.45, 7) is -0.476. The second-order valence-corrected chi connectivity index (χ2v) is 3.77. The molecule has 19 heavy (non-hydrogen) atoms. The average molecular weight is 263 g/mol. The summed E-state index contributed by atoms with van der Waals surface area (Å²) < 4.78 is 18.3. The highest BCUT2D eigenvalue weighted by molar-refractivity contribution is 5.46. The van der Waals surface area contributed by atoms with Gasteiger partial charge in [-0.1, -0.05) is 6.07 Å². The van der Waals surface area contributed by atoms with E-state index in [1.165, 1.54) is 36.4 Å². The zero-order valence-electron chi connectivity index (χ0n) is 9.75. The fraction of sp³-hybridized carbons (Fsp3) is 0.0769. The van der Waals surface area contributed by atoms with Gasteiger partial charge in [0.2, 0.25) is 0 Å². The Bertz CT molecular complexity index is 615. The molecule has 98 valence electrons. The molecule has 1 N–H and O–H groups in total. The molecule has 0 amide bonds. The lowest BCUT2D eigenvalue weighted by Gasteiger charge is -2.07. The van der Waals surface area contributed by atoms with Crippen molar-refractivity contribution in [2.45, 2.75) is 6.61 Å². The fourth-order valence-electron chi connectivity index (χ4n) is 1.60. The molecule has 2 rings (SSSR count). The summed E-state index contributed by atoms with van der Waals surface area (Å²) in [5, 5.41) is 19.8. The Labute approximate surface area is 108 Å². The van der Waals surface area contributed by atoms with Crippen LogP contribution in [0.4, 0.5) is 10.1 Å². The summed E-state index contributed by atoms with van der Waals surface area (Å²) in [5.74, 6) is 0.125. The van der Waals surface area contributed by atoms with Crippen LogP contribution in [0.3, 0.4) is 0 Å². The standard InChI is InChI=1S/C13H10FNO4/c14-10-2-1-3-11(7-10)19-12-4-5-13(15(17)18)9(6-12)8-16/h1-7,16H,8H2. The van der Waals surface area contributed by atoms with Crippen LogP contribution in [0.15, 0.2) is 42.5 Å². The number of ether oxygens (including phenoxy) is 1. The normalized spacial score (nSPS) is 10.2. The molecule has 6 heteroatoms. The van der Waals surface area contributed by atoms with Gasteiger partial charge in [-0.05, 0) is 24.3 Å². The van der Waals surface area contributed by atoms with Gasteiger partial charge < -0.3 is 9.84 Å². The molecule has 2 aromatic carbocycles. The number of halogens is 1. The van der Waals surface area contributed by atoms with E-state index in [0.29, 0.717) is 5.75 Å². The average Bonchev–Trinajstić information content (AvgIpc) is 2.38. The molecular formula is C13H10FNO4. The number of rotatable bonds is 4. The summed E-state index contributed by atoms with van der Waals surface area (Å²) in [5.41, 5.74) is -0.0482. The highest BCUT2D eigenvalue weighted by Gasteiger charge is 2.14. The van der Waals surface area contributed by atoms with Crippen molar-refractivity contribution in [2.24, 2.45) is 0 Å². The maximum absolute atomic E-state index is 13.0. The third-order valence-corrected chi connectivity index (χ3v) is 2.45. The Morgan fingerprint density at radius 2 is 1.95 bits per heavy atom. The number of nitrogens with zero attached hydrogens (tertiary/aromatic N) is 1. The lowest BCUT2D eigenvalue weighted by molar-refractivity contribution is -0.385. The van der Waals surface area contributed by atoms with Gasteiger partial charge in [0.05, 0.1) is 17.1 Å². The topological polar surface area (TPSA) is 72.6 Å². The van der Waals surface area contributed by atoms with E-state index in [1.807, 2.05) is 0 Å². The SMILES string of the molecule is O=[N+]([O-])c1ccc(Oc2cccc(F)c2)cc1CO. The number of hydrogen-bond acceptors (Lipinski definition) is 4. The van der Waals surface area contributed by atoms with Crippen LogP contribution in [-0.2, 0) is 6.61 Å². The van der Waals surface area contributed by atoms with Crippen molar-refractivity contribution in [3.8, 4) is 11.5 Å². The number of aliphatic hydroxyl groups is 1. The lowest BCUT2D eigenvalue weighted by atomic mass is 10.2. The van der Waals surface area contributed by atoms with Crippen molar-refractivity contribution in [1.29, 1.82) is 0 Å². The number of aliphatic hydroxyl groups excluding tert-OH is 1. The first kappa shape index (κ1) is 13.0. The number of hydrogen-bond donors (Lipinski definition) is 1. The molecule has 0 spiro atoms. The van der Waals surface area contributed by atoms with Crippen LogP contribution in [0.25, 0.3) is 0 Å². The predicted molar refractivity (Wildman–Crippen MR) is 65.5 cm³/mol. The zero-order chi connectivity index (χ0) is 13.8. The Kier molecular flexibility index (Phi) is 3.72. The van der Waals surface area contributed by atoms with Crippen LogP contribution in [0.1, 0.15) is 5.56 Å². The van der Waals surface area contributed by atoms with Crippen LogP contribution in [0, 0.1) is 15.9 Å². The molecular weight excluding hydrogens is 253 g/mol. The second-order valence-electron chi connectivity index (χ2n) is 3.77. The van der Waals surface area contributed by atoms with E-state index in [-0.39, 0.29) is 17.0 Å². The first-order chi connectivity index (χ1) is 9.10. The van der Waals surface area contributed by atoms with Crippen molar-refractivity contribution in [3.05, 3.63) is 64.0 Å². The molecule has 2 aromatic rings. The van der Waals surface area contributed by atoms with Crippen molar-refractivity contribution in [3.63, 3.8) is 0 Å². The molecule has 0 aromatic heterocycles. The van der Waals surface area contributed by atoms with Gasteiger partial charge in [-0.3, -0.25) is 10.1 Å². The monoisotopic (exact) mass is 263 g/mol. The molecule has 0 aliphatic carbocycles.